The number of hydrogen-bond donors (Lipinski definition) is 2. The summed E-state index contributed by atoms with van der Waals surface area (Å²) in [7, 11) is 0. The van der Waals surface area contributed by atoms with Crippen molar-refractivity contribution in [1.82, 2.24) is 4.98 Å². The summed E-state index contributed by atoms with van der Waals surface area (Å²) in [6.07, 6.45) is 0.945. The zero-order valence-electron chi connectivity index (χ0n) is 7.05. The van der Waals surface area contributed by atoms with Gasteiger partial charge in [0.25, 0.3) is 0 Å². The highest BCUT2D eigenvalue weighted by Crippen LogP contribution is 2.14. The Kier molecular flexibility index (Phi) is 3.40. The Morgan fingerprint density at radius 3 is 2.85 bits per heavy atom. The SMILES string of the molecule is O=C(O)CCC(O)c1ccccn1. The molecule has 0 aliphatic heterocycles. The first-order valence-electron chi connectivity index (χ1n) is 4.01. The summed E-state index contributed by atoms with van der Waals surface area (Å²) >= 11 is 0. The largest absolute Gasteiger partial charge is 0.481 e. The molecule has 0 fully saturated rings. The van der Waals surface area contributed by atoms with Crippen molar-refractivity contribution < 1.29 is 15.0 Å². The molecule has 13 heavy (non-hydrogen) atoms. The van der Waals surface area contributed by atoms with Crippen LogP contribution in [0.4, 0.5) is 0 Å². The van der Waals surface area contributed by atoms with Crippen LogP contribution in [0.2, 0.25) is 0 Å². The van der Waals surface area contributed by atoms with Crippen molar-refractivity contribution in [1.29, 1.82) is 0 Å². The van der Waals surface area contributed by atoms with E-state index in [0.717, 1.165) is 0 Å². The molecule has 1 atom stereocenters. The third-order valence-electron chi connectivity index (χ3n) is 1.66. The van der Waals surface area contributed by atoms with Gasteiger partial charge in [0, 0.05) is 12.6 Å². The monoisotopic (exact) mass is 181 g/mol. The fraction of sp³-hybridized carbons (Fsp3) is 0.333. The van der Waals surface area contributed by atoms with Crippen LogP contribution in [0, 0.1) is 0 Å². The van der Waals surface area contributed by atoms with Gasteiger partial charge in [0.1, 0.15) is 0 Å². The van der Waals surface area contributed by atoms with Crippen LogP contribution < -0.4 is 0 Å². The van der Waals surface area contributed by atoms with Gasteiger partial charge in [0.2, 0.25) is 0 Å². The molecule has 0 radical (unpaired) electrons. The lowest BCUT2D eigenvalue weighted by Gasteiger charge is -2.07. The summed E-state index contributed by atoms with van der Waals surface area (Å²) in [6, 6.07) is 5.17. The molecule has 1 aromatic rings. The molecule has 70 valence electrons. The Labute approximate surface area is 75.9 Å². The molecule has 2 N–H and O–H groups in total. The first kappa shape index (κ1) is 9.67. The summed E-state index contributed by atoms with van der Waals surface area (Å²) in [5.41, 5.74) is 0.517. The van der Waals surface area contributed by atoms with Crippen molar-refractivity contribution >= 4 is 5.97 Å². The average molecular weight is 181 g/mol. The van der Waals surface area contributed by atoms with Crippen molar-refractivity contribution in [2.75, 3.05) is 0 Å². The number of carboxylic acid groups (broad SMARTS) is 1. The maximum Gasteiger partial charge on any atom is 0.303 e. The number of aliphatic carboxylic acids is 1. The number of aromatic nitrogens is 1. The zero-order valence-corrected chi connectivity index (χ0v) is 7.05. The molecule has 1 aromatic heterocycles. The summed E-state index contributed by atoms with van der Waals surface area (Å²) in [6.45, 7) is 0. The van der Waals surface area contributed by atoms with E-state index in [1.807, 2.05) is 0 Å². The molecule has 0 saturated carbocycles. The van der Waals surface area contributed by atoms with Crippen LogP contribution in [0.5, 0.6) is 0 Å². The second kappa shape index (κ2) is 4.57. The fourth-order valence-electron chi connectivity index (χ4n) is 0.981. The van der Waals surface area contributed by atoms with E-state index in [2.05, 4.69) is 4.98 Å². The zero-order chi connectivity index (χ0) is 9.68. The van der Waals surface area contributed by atoms with Crippen LogP contribution in [-0.2, 0) is 4.79 Å². The van der Waals surface area contributed by atoms with Crippen LogP contribution in [-0.4, -0.2) is 21.2 Å². The van der Waals surface area contributed by atoms with Crippen LogP contribution in [0.15, 0.2) is 24.4 Å². The van der Waals surface area contributed by atoms with Gasteiger partial charge in [0.15, 0.2) is 0 Å². The van der Waals surface area contributed by atoms with E-state index in [0.29, 0.717) is 5.69 Å². The molecule has 4 heteroatoms. The van der Waals surface area contributed by atoms with E-state index in [1.165, 1.54) is 0 Å². The number of aliphatic hydroxyl groups is 1. The van der Waals surface area contributed by atoms with E-state index in [4.69, 9.17) is 5.11 Å². The summed E-state index contributed by atoms with van der Waals surface area (Å²) in [5.74, 6) is -0.907. The average Bonchev–Trinajstić information content (AvgIpc) is 2.15. The third kappa shape index (κ3) is 3.21. The summed E-state index contributed by atoms with van der Waals surface area (Å²) in [5, 5.41) is 17.8. The molecule has 0 aromatic carbocycles. The number of rotatable bonds is 4. The molecule has 0 aliphatic carbocycles. The molecule has 1 rings (SSSR count). The smallest absolute Gasteiger partial charge is 0.303 e. The predicted octanol–water partition coefficient (Wildman–Crippen LogP) is 0.980. The highest BCUT2D eigenvalue weighted by atomic mass is 16.4. The maximum absolute atomic E-state index is 10.2. The van der Waals surface area contributed by atoms with Crippen molar-refractivity contribution in [3.63, 3.8) is 0 Å². The van der Waals surface area contributed by atoms with Gasteiger partial charge < -0.3 is 10.2 Å². The highest BCUT2D eigenvalue weighted by molar-refractivity contribution is 5.66. The standard InChI is InChI=1S/C9H11NO3/c11-8(4-5-9(12)13)7-3-1-2-6-10-7/h1-3,6,8,11H,4-5H2,(H,12,13). The Morgan fingerprint density at radius 2 is 2.31 bits per heavy atom. The minimum Gasteiger partial charge on any atom is -0.481 e. The fourth-order valence-corrected chi connectivity index (χ4v) is 0.981. The van der Waals surface area contributed by atoms with Gasteiger partial charge in [-0.1, -0.05) is 6.07 Å². The normalized spacial score (nSPS) is 12.4. The molecule has 4 nitrogen and oxygen atoms in total. The van der Waals surface area contributed by atoms with Crippen molar-refractivity contribution in [2.45, 2.75) is 18.9 Å². The molecule has 0 spiro atoms. The minimum absolute atomic E-state index is 0.0439. The topological polar surface area (TPSA) is 70.4 Å². The Morgan fingerprint density at radius 1 is 1.54 bits per heavy atom. The van der Waals surface area contributed by atoms with E-state index >= 15 is 0 Å². The molecule has 0 amide bonds. The van der Waals surface area contributed by atoms with E-state index in [1.54, 1.807) is 24.4 Å². The molecule has 1 heterocycles. The van der Waals surface area contributed by atoms with Gasteiger partial charge >= 0.3 is 5.97 Å². The van der Waals surface area contributed by atoms with Crippen LogP contribution in [0.25, 0.3) is 0 Å². The van der Waals surface area contributed by atoms with E-state index < -0.39 is 12.1 Å². The first-order chi connectivity index (χ1) is 6.20. The van der Waals surface area contributed by atoms with Crippen LogP contribution in [0.1, 0.15) is 24.6 Å². The predicted molar refractivity (Wildman–Crippen MR) is 46.1 cm³/mol. The molecule has 0 bridgehead atoms. The second-order valence-electron chi connectivity index (χ2n) is 2.70. The Bertz CT molecular complexity index is 273. The quantitative estimate of drug-likeness (QED) is 0.726. The van der Waals surface area contributed by atoms with Gasteiger partial charge in [-0.15, -0.1) is 0 Å². The van der Waals surface area contributed by atoms with Crippen molar-refractivity contribution in [3.05, 3.63) is 30.1 Å². The molecule has 0 saturated heterocycles. The molecular weight excluding hydrogens is 170 g/mol. The van der Waals surface area contributed by atoms with Crippen LogP contribution in [0.3, 0.4) is 0 Å². The van der Waals surface area contributed by atoms with Gasteiger partial charge in [0.05, 0.1) is 11.8 Å². The van der Waals surface area contributed by atoms with E-state index in [-0.39, 0.29) is 12.8 Å². The van der Waals surface area contributed by atoms with Gasteiger partial charge in [-0.2, -0.15) is 0 Å². The lowest BCUT2D eigenvalue weighted by molar-refractivity contribution is -0.137. The Balaban J connectivity index is 2.49. The van der Waals surface area contributed by atoms with Crippen molar-refractivity contribution in [2.24, 2.45) is 0 Å². The van der Waals surface area contributed by atoms with Gasteiger partial charge in [-0.25, -0.2) is 0 Å². The Hall–Kier alpha value is -1.42. The number of aliphatic hydroxyl groups excluding tert-OH is 1. The molecule has 1 unspecified atom stereocenters. The maximum atomic E-state index is 10.2. The minimum atomic E-state index is -0.907. The highest BCUT2D eigenvalue weighted by Gasteiger charge is 2.09. The van der Waals surface area contributed by atoms with Gasteiger partial charge in [-0.3, -0.25) is 9.78 Å². The number of hydrogen-bond acceptors (Lipinski definition) is 3. The number of carboxylic acids is 1. The number of nitrogens with zero attached hydrogens (tertiary/aromatic N) is 1. The van der Waals surface area contributed by atoms with E-state index in [9.17, 15) is 9.90 Å². The molecular formula is C9H11NO3. The third-order valence-corrected chi connectivity index (χ3v) is 1.66. The first-order valence-corrected chi connectivity index (χ1v) is 4.01. The molecule has 0 aliphatic rings. The number of carbonyl (C=O) groups is 1. The lowest BCUT2D eigenvalue weighted by Crippen LogP contribution is -2.03. The van der Waals surface area contributed by atoms with Crippen molar-refractivity contribution in [3.8, 4) is 0 Å². The van der Waals surface area contributed by atoms with Crippen LogP contribution >= 0.6 is 0 Å². The second-order valence-corrected chi connectivity index (χ2v) is 2.70. The lowest BCUT2D eigenvalue weighted by atomic mass is 10.1. The summed E-state index contributed by atoms with van der Waals surface area (Å²) in [4.78, 5) is 14.1. The van der Waals surface area contributed by atoms with Gasteiger partial charge in [-0.05, 0) is 18.6 Å². The number of pyridine rings is 1. The summed E-state index contributed by atoms with van der Waals surface area (Å²) < 4.78 is 0.